The number of hydrogen-bond donors (Lipinski definition) is 3. The summed E-state index contributed by atoms with van der Waals surface area (Å²) in [6.07, 6.45) is 7.63. The highest BCUT2D eigenvalue weighted by Crippen LogP contribution is 2.40. The molecule has 5 rings (SSSR count). The van der Waals surface area contributed by atoms with Crippen LogP contribution in [0.2, 0.25) is 0 Å². The Labute approximate surface area is 237 Å². The maximum atomic E-state index is 13.2. The average Bonchev–Trinajstić information content (AvgIpc) is 3.12. The molecule has 1 aliphatic carbocycles. The Bertz CT molecular complexity index is 1120. The molecular formula is C31H46N4O3S. The predicted octanol–water partition coefficient (Wildman–Crippen LogP) is 6.33. The Morgan fingerprint density at radius 1 is 0.949 bits per heavy atom. The van der Waals surface area contributed by atoms with E-state index in [2.05, 4.69) is 20.5 Å². The second kappa shape index (κ2) is 12.0. The Hall–Kier alpha value is -2.45. The van der Waals surface area contributed by atoms with Gasteiger partial charge in [-0.25, -0.2) is 4.98 Å². The van der Waals surface area contributed by atoms with Gasteiger partial charge in [0.15, 0.2) is 5.13 Å². The van der Waals surface area contributed by atoms with Crippen molar-refractivity contribution >= 4 is 28.3 Å². The molecule has 1 aromatic carbocycles. The number of rotatable bonds is 8. The summed E-state index contributed by atoms with van der Waals surface area (Å²) in [7, 11) is 0. The summed E-state index contributed by atoms with van der Waals surface area (Å²) in [5.41, 5.74) is 1.56. The zero-order chi connectivity index (χ0) is 28.4. The van der Waals surface area contributed by atoms with Crippen LogP contribution in [-0.4, -0.2) is 53.0 Å². The van der Waals surface area contributed by atoms with Crippen molar-refractivity contribution < 1.29 is 14.7 Å². The number of carbonyl (C=O) groups excluding carboxylic acids is 2. The molecule has 7 nitrogen and oxygen atoms in total. The molecule has 3 N–H and O–H groups in total. The van der Waals surface area contributed by atoms with Gasteiger partial charge >= 0.3 is 0 Å². The molecule has 39 heavy (non-hydrogen) atoms. The summed E-state index contributed by atoms with van der Waals surface area (Å²) in [5, 5.41) is 18.8. The summed E-state index contributed by atoms with van der Waals surface area (Å²) in [6.45, 7) is 16.3. The van der Waals surface area contributed by atoms with Crippen LogP contribution in [0, 0.1) is 11.8 Å². The number of aromatic hydroxyl groups is 1. The average molecular weight is 555 g/mol. The minimum atomic E-state index is -0.334. The van der Waals surface area contributed by atoms with Crippen LogP contribution < -0.4 is 10.6 Å². The van der Waals surface area contributed by atoms with Gasteiger partial charge in [-0.05, 0) is 79.9 Å². The number of nitrogens with one attached hydrogen (secondary N) is 2. The number of carbonyl (C=O) groups is 2. The van der Waals surface area contributed by atoms with Crippen molar-refractivity contribution in [2.75, 3.05) is 31.5 Å². The Morgan fingerprint density at radius 2 is 1.51 bits per heavy atom. The van der Waals surface area contributed by atoms with Crippen LogP contribution in [0.4, 0.5) is 5.13 Å². The molecule has 0 radical (unpaired) electrons. The summed E-state index contributed by atoms with van der Waals surface area (Å²) >= 11 is 1.23. The van der Waals surface area contributed by atoms with Gasteiger partial charge < -0.3 is 15.3 Å². The number of hydrogen-bond acceptors (Lipinski definition) is 6. The van der Waals surface area contributed by atoms with Gasteiger partial charge in [0, 0.05) is 41.7 Å². The summed E-state index contributed by atoms with van der Waals surface area (Å²) in [6, 6.07) is 3.50. The molecule has 0 spiro atoms. The van der Waals surface area contributed by atoms with E-state index in [0.29, 0.717) is 22.9 Å². The lowest BCUT2D eigenvalue weighted by molar-refractivity contribution is 0.0946. The van der Waals surface area contributed by atoms with Crippen LogP contribution in [0.1, 0.15) is 112 Å². The predicted molar refractivity (Wildman–Crippen MR) is 159 cm³/mol. The van der Waals surface area contributed by atoms with Gasteiger partial charge in [-0.2, -0.15) is 0 Å². The first-order valence-corrected chi connectivity index (χ1v) is 15.3. The number of benzene rings is 1. The Kier molecular flexibility index (Phi) is 9.06. The normalized spacial score (nSPS) is 20.1. The number of amides is 2. The third-order valence-corrected chi connectivity index (χ3v) is 8.89. The van der Waals surface area contributed by atoms with Crippen LogP contribution in [0.15, 0.2) is 17.5 Å². The molecule has 3 heterocycles. The lowest BCUT2D eigenvalue weighted by atomic mass is 9.78. The maximum Gasteiger partial charge on any atom is 0.270 e. The number of unbranched alkanes of at least 4 members (excludes halogenated alkanes) is 1. The minimum Gasteiger partial charge on any atom is -0.507 e. The van der Waals surface area contributed by atoms with Crippen molar-refractivity contribution in [3.05, 3.63) is 39.9 Å². The minimum absolute atomic E-state index is 0.214. The van der Waals surface area contributed by atoms with Crippen LogP contribution in [0.5, 0.6) is 5.75 Å². The molecule has 0 atom stereocenters. The van der Waals surface area contributed by atoms with Gasteiger partial charge in [-0.3, -0.25) is 14.9 Å². The monoisotopic (exact) mass is 554 g/mol. The van der Waals surface area contributed by atoms with Crippen LogP contribution >= 0.6 is 11.3 Å². The third-order valence-electron chi connectivity index (χ3n) is 8.13. The van der Waals surface area contributed by atoms with Gasteiger partial charge in [0.05, 0.1) is 0 Å². The second-order valence-electron chi connectivity index (χ2n) is 13.5. The highest BCUT2D eigenvalue weighted by atomic mass is 32.1. The van der Waals surface area contributed by atoms with Crippen molar-refractivity contribution in [2.24, 2.45) is 11.8 Å². The van der Waals surface area contributed by atoms with E-state index in [1.807, 2.05) is 41.5 Å². The Morgan fingerprint density at radius 3 is 2.05 bits per heavy atom. The molecule has 2 aromatic rings. The van der Waals surface area contributed by atoms with Gasteiger partial charge in [0.25, 0.3) is 11.8 Å². The number of phenols is 1. The van der Waals surface area contributed by atoms with Crippen LogP contribution in [-0.2, 0) is 10.8 Å². The lowest BCUT2D eigenvalue weighted by Gasteiger charge is -2.28. The summed E-state index contributed by atoms with van der Waals surface area (Å²) in [4.78, 5) is 32.8. The number of aromatic nitrogens is 1. The first-order chi connectivity index (χ1) is 18.3. The molecule has 3 fully saturated rings. The lowest BCUT2D eigenvalue weighted by Crippen LogP contribution is -2.30. The van der Waals surface area contributed by atoms with Crippen molar-refractivity contribution in [3.63, 3.8) is 0 Å². The molecule has 3 aliphatic rings. The fourth-order valence-electron chi connectivity index (χ4n) is 5.85. The largest absolute Gasteiger partial charge is 0.507 e. The molecular weight excluding hydrogens is 508 g/mol. The van der Waals surface area contributed by atoms with E-state index in [1.54, 1.807) is 17.5 Å². The van der Waals surface area contributed by atoms with E-state index in [0.717, 1.165) is 42.3 Å². The van der Waals surface area contributed by atoms with E-state index in [4.69, 9.17) is 0 Å². The van der Waals surface area contributed by atoms with Crippen molar-refractivity contribution in [1.29, 1.82) is 0 Å². The first-order valence-electron chi connectivity index (χ1n) is 14.5. The number of nitrogens with zero attached hydrogens (tertiary/aromatic N) is 2. The zero-order valence-corrected chi connectivity index (χ0v) is 25.3. The fraction of sp³-hybridized carbons (Fsp3) is 0.645. The zero-order valence-electron chi connectivity index (χ0n) is 24.5. The van der Waals surface area contributed by atoms with Crippen molar-refractivity contribution in [3.8, 4) is 5.75 Å². The smallest absolute Gasteiger partial charge is 0.270 e. The van der Waals surface area contributed by atoms with Crippen molar-refractivity contribution in [1.82, 2.24) is 15.2 Å². The fourth-order valence-corrected chi connectivity index (χ4v) is 6.54. The third kappa shape index (κ3) is 7.60. The number of thiazole rings is 1. The molecule has 2 bridgehead atoms. The van der Waals surface area contributed by atoms with E-state index in [1.165, 1.54) is 50.1 Å². The molecule has 1 aromatic heterocycles. The van der Waals surface area contributed by atoms with Crippen LogP contribution in [0.3, 0.4) is 0 Å². The van der Waals surface area contributed by atoms with Crippen molar-refractivity contribution in [2.45, 2.75) is 90.9 Å². The van der Waals surface area contributed by atoms with E-state index in [-0.39, 0.29) is 28.4 Å². The number of anilines is 1. The molecule has 2 aliphatic heterocycles. The number of phenolic OH excluding ortho intramolecular Hbond substituents is 1. The maximum absolute atomic E-state index is 13.2. The Balaban J connectivity index is 1.29. The summed E-state index contributed by atoms with van der Waals surface area (Å²) < 4.78 is 0. The second-order valence-corrected chi connectivity index (χ2v) is 14.4. The standard InChI is InChI=1S/C31H46N4O3S/c1-30(2,3)23-15-22(16-24(26(23)36)31(4,5)6)27(37)34-29-33-25(19-39-29)28(38)32-13-7-8-14-35-17-20-9-10-21(18-35)12-11-20/h15-16,19-21,36H,7-14,17-18H2,1-6H3,(H,32,38)(H,33,34,37). The first kappa shape index (κ1) is 29.5. The van der Waals surface area contributed by atoms with Gasteiger partial charge in [-0.15, -0.1) is 11.3 Å². The number of fused-ring (bicyclic) bond motifs is 4. The molecule has 2 amide bonds. The quantitative estimate of drug-likeness (QED) is 0.332. The van der Waals surface area contributed by atoms with Gasteiger partial charge in [0.1, 0.15) is 11.4 Å². The summed E-state index contributed by atoms with van der Waals surface area (Å²) in [5.74, 6) is 1.48. The molecule has 214 valence electrons. The van der Waals surface area contributed by atoms with E-state index in [9.17, 15) is 14.7 Å². The topological polar surface area (TPSA) is 94.6 Å². The molecule has 1 saturated carbocycles. The van der Waals surface area contributed by atoms with Crippen LogP contribution in [0.25, 0.3) is 0 Å². The molecule has 8 heteroatoms. The van der Waals surface area contributed by atoms with E-state index < -0.39 is 0 Å². The molecule has 0 unspecified atom stereocenters. The SMILES string of the molecule is CC(C)(C)c1cc(C(=O)Nc2nc(C(=O)NCCCCN3CC4CCC(CC4)C3)cs2)cc(C(C)(C)C)c1O. The van der Waals surface area contributed by atoms with Gasteiger partial charge in [-0.1, -0.05) is 41.5 Å². The molecule has 2 saturated heterocycles. The van der Waals surface area contributed by atoms with E-state index >= 15 is 0 Å². The highest BCUT2D eigenvalue weighted by molar-refractivity contribution is 7.14. The highest BCUT2D eigenvalue weighted by Gasteiger charge is 2.29. The van der Waals surface area contributed by atoms with Gasteiger partial charge in [0.2, 0.25) is 0 Å².